The highest BCUT2D eigenvalue weighted by Gasteiger charge is 2.16. The van der Waals surface area contributed by atoms with Crippen LogP contribution in [0.4, 0.5) is 11.4 Å². The van der Waals surface area contributed by atoms with Gasteiger partial charge in [-0.3, -0.25) is 4.79 Å². The number of carbonyl (C=O) groups is 1. The van der Waals surface area contributed by atoms with Crippen LogP contribution in [0.15, 0.2) is 54.6 Å². The maximum atomic E-state index is 12.7. The molecule has 0 spiro atoms. The van der Waals surface area contributed by atoms with Gasteiger partial charge < -0.3 is 20.5 Å². The van der Waals surface area contributed by atoms with Crippen LogP contribution in [0.3, 0.4) is 0 Å². The predicted molar refractivity (Wildman–Crippen MR) is 95.9 cm³/mol. The summed E-state index contributed by atoms with van der Waals surface area (Å²) in [5.74, 6) is 0.757. The van der Waals surface area contributed by atoms with E-state index in [0.29, 0.717) is 28.4 Å². The van der Waals surface area contributed by atoms with Gasteiger partial charge in [0.2, 0.25) is 0 Å². The van der Waals surface area contributed by atoms with Crippen molar-refractivity contribution in [1.29, 1.82) is 0 Å². The van der Waals surface area contributed by atoms with E-state index in [2.05, 4.69) is 5.32 Å². The number of rotatable bonds is 4. The summed E-state index contributed by atoms with van der Waals surface area (Å²) in [5, 5.41) is 4.80. The van der Waals surface area contributed by atoms with Crippen LogP contribution in [-0.2, 0) is 0 Å². The second-order valence-electron chi connectivity index (χ2n) is 5.31. The van der Waals surface area contributed by atoms with Crippen LogP contribution in [0.25, 0.3) is 10.8 Å². The van der Waals surface area contributed by atoms with Gasteiger partial charge in [-0.25, -0.2) is 0 Å². The highest BCUT2D eigenvalue weighted by Crippen LogP contribution is 2.30. The van der Waals surface area contributed by atoms with Crippen molar-refractivity contribution in [1.82, 2.24) is 0 Å². The fourth-order valence-corrected chi connectivity index (χ4v) is 2.58. The summed E-state index contributed by atoms with van der Waals surface area (Å²) in [6.45, 7) is 0. The van der Waals surface area contributed by atoms with Crippen molar-refractivity contribution >= 4 is 28.1 Å². The summed E-state index contributed by atoms with van der Waals surface area (Å²) in [6.07, 6.45) is 0. The van der Waals surface area contributed by atoms with Gasteiger partial charge in [0.1, 0.15) is 11.5 Å². The molecule has 0 aromatic heterocycles. The van der Waals surface area contributed by atoms with E-state index in [1.807, 2.05) is 36.4 Å². The van der Waals surface area contributed by atoms with Gasteiger partial charge in [0.15, 0.2) is 0 Å². The van der Waals surface area contributed by atoms with Gasteiger partial charge in [0, 0.05) is 5.69 Å². The van der Waals surface area contributed by atoms with Crippen molar-refractivity contribution in [2.75, 3.05) is 25.3 Å². The summed E-state index contributed by atoms with van der Waals surface area (Å²) in [5.41, 5.74) is 7.29. The highest BCUT2D eigenvalue weighted by molar-refractivity contribution is 6.09. The van der Waals surface area contributed by atoms with E-state index in [-0.39, 0.29) is 5.91 Å². The van der Waals surface area contributed by atoms with E-state index in [0.717, 1.165) is 10.8 Å². The number of carbonyl (C=O) groups excluding carboxylic acids is 1. The summed E-state index contributed by atoms with van der Waals surface area (Å²) >= 11 is 0. The van der Waals surface area contributed by atoms with Crippen LogP contribution in [0, 0.1) is 0 Å². The molecule has 0 aliphatic heterocycles. The van der Waals surface area contributed by atoms with E-state index >= 15 is 0 Å². The Morgan fingerprint density at radius 2 is 1.58 bits per heavy atom. The van der Waals surface area contributed by atoms with Crippen molar-refractivity contribution in [3.63, 3.8) is 0 Å². The molecule has 3 aromatic carbocycles. The zero-order chi connectivity index (χ0) is 17.1. The Hall–Kier alpha value is -3.21. The molecule has 0 saturated carbocycles. The minimum absolute atomic E-state index is 0.290. The number of nitrogens with two attached hydrogens (primary N) is 1. The first-order chi connectivity index (χ1) is 11.6. The van der Waals surface area contributed by atoms with Crippen LogP contribution < -0.4 is 20.5 Å². The van der Waals surface area contributed by atoms with Crippen LogP contribution >= 0.6 is 0 Å². The fourth-order valence-electron chi connectivity index (χ4n) is 2.58. The van der Waals surface area contributed by atoms with Crippen LogP contribution in [-0.4, -0.2) is 20.1 Å². The van der Waals surface area contributed by atoms with Gasteiger partial charge in [0.25, 0.3) is 5.91 Å². The minimum atomic E-state index is -0.290. The number of methoxy groups -OCH3 is 2. The topological polar surface area (TPSA) is 73.6 Å². The van der Waals surface area contributed by atoms with Crippen molar-refractivity contribution in [2.24, 2.45) is 0 Å². The molecule has 3 rings (SSSR count). The molecule has 122 valence electrons. The Kier molecular flexibility index (Phi) is 4.24. The van der Waals surface area contributed by atoms with E-state index in [9.17, 15) is 4.79 Å². The molecule has 3 aromatic rings. The van der Waals surface area contributed by atoms with E-state index in [1.54, 1.807) is 25.3 Å². The number of nitrogen functional groups attached to an aromatic ring is 1. The van der Waals surface area contributed by atoms with Gasteiger partial charge >= 0.3 is 0 Å². The second kappa shape index (κ2) is 6.50. The lowest BCUT2D eigenvalue weighted by Crippen LogP contribution is -2.14. The molecule has 5 heteroatoms. The Labute approximate surface area is 140 Å². The molecule has 0 aliphatic carbocycles. The standard InChI is InChI=1S/C19H18N2O3/c1-23-17-8-7-14(20)11-16(17)21-19(22)15-9-12-5-3-4-6-13(12)10-18(15)24-2/h3-11H,20H2,1-2H3,(H,21,22). The van der Waals surface area contributed by atoms with Gasteiger partial charge in [-0.1, -0.05) is 24.3 Å². The lowest BCUT2D eigenvalue weighted by molar-refractivity contribution is 0.102. The molecule has 0 atom stereocenters. The largest absolute Gasteiger partial charge is 0.496 e. The lowest BCUT2D eigenvalue weighted by atomic mass is 10.1. The van der Waals surface area contributed by atoms with E-state index in [4.69, 9.17) is 15.2 Å². The Balaban J connectivity index is 2.01. The molecule has 3 N–H and O–H groups in total. The second-order valence-corrected chi connectivity index (χ2v) is 5.31. The van der Waals surface area contributed by atoms with Crippen molar-refractivity contribution in [3.05, 3.63) is 60.2 Å². The van der Waals surface area contributed by atoms with Crippen molar-refractivity contribution < 1.29 is 14.3 Å². The summed E-state index contributed by atoms with van der Waals surface area (Å²) < 4.78 is 10.6. The Morgan fingerprint density at radius 3 is 2.25 bits per heavy atom. The molecule has 0 heterocycles. The molecule has 24 heavy (non-hydrogen) atoms. The molecule has 0 radical (unpaired) electrons. The minimum Gasteiger partial charge on any atom is -0.496 e. The van der Waals surface area contributed by atoms with Crippen molar-refractivity contribution in [3.8, 4) is 11.5 Å². The van der Waals surface area contributed by atoms with E-state index in [1.165, 1.54) is 7.11 Å². The van der Waals surface area contributed by atoms with Gasteiger partial charge in [-0.15, -0.1) is 0 Å². The number of anilines is 2. The quantitative estimate of drug-likeness (QED) is 0.718. The third-order valence-electron chi connectivity index (χ3n) is 3.78. The number of ether oxygens (including phenoxy) is 2. The summed E-state index contributed by atoms with van der Waals surface area (Å²) in [4.78, 5) is 12.7. The fraction of sp³-hybridized carbons (Fsp3) is 0.105. The van der Waals surface area contributed by atoms with Crippen LogP contribution in [0.5, 0.6) is 11.5 Å². The lowest BCUT2D eigenvalue weighted by Gasteiger charge is -2.13. The number of benzene rings is 3. The van der Waals surface area contributed by atoms with Crippen LogP contribution in [0.2, 0.25) is 0 Å². The molecular formula is C19H18N2O3. The maximum absolute atomic E-state index is 12.7. The molecule has 0 fully saturated rings. The predicted octanol–water partition coefficient (Wildman–Crippen LogP) is 3.69. The Morgan fingerprint density at radius 1 is 0.917 bits per heavy atom. The Bertz CT molecular complexity index is 906. The van der Waals surface area contributed by atoms with Gasteiger partial charge in [0.05, 0.1) is 25.5 Å². The van der Waals surface area contributed by atoms with E-state index < -0.39 is 0 Å². The molecule has 1 amide bonds. The third kappa shape index (κ3) is 2.96. The first-order valence-electron chi connectivity index (χ1n) is 7.44. The smallest absolute Gasteiger partial charge is 0.259 e. The highest BCUT2D eigenvalue weighted by atomic mass is 16.5. The number of hydrogen-bond acceptors (Lipinski definition) is 4. The monoisotopic (exact) mass is 322 g/mol. The average Bonchev–Trinajstić information content (AvgIpc) is 2.60. The molecule has 0 bridgehead atoms. The molecule has 0 unspecified atom stereocenters. The molecule has 0 aliphatic rings. The maximum Gasteiger partial charge on any atom is 0.259 e. The number of nitrogens with one attached hydrogen (secondary N) is 1. The van der Waals surface area contributed by atoms with Gasteiger partial charge in [-0.2, -0.15) is 0 Å². The zero-order valence-electron chi connectivity index (χ0n) is 13.5. The first kappa shape index (κ1) is 15.7. The summed E-state index contributed by atoms with van der Waals surface area (Å²) in [6, 6.07) is 16.5. The molecular weight excluding hydrogens is 304 g/mol. The third-order valence-corrected chi connectivity index (χ3v) is 3.78. The number of amides is 1. The van der Waals surface area contributed by atoms with Crippen LogP contribution in [0.1, 0.15) is 10.4 Å². The zero-order valence-corrected chi connectivity index (χ0v) is 13.5. The molecule has 5 nitrogen and oxygen atoms in total. The first-order valence-corrected chi connectivity index (χ1v) is 7.44. The number of fused-ring (bicyclic) bond motifs is 1. The van der Waals surface area contributed by atoms with Crippen molar-refractivity contribution in [2.45, 2.75) is 0 Å². The summed E-state index contributed by atoms with van der Waals surface area (Å²) in [7, 11) is 3.08. The average molecular weight is 322 g/mol. The normalized spacial score (nSPS) is 10.4. The SMILES string of the molecule is COc1ccc(N)cc1NC(=O)c1cc2ccccc2cc1OC. The van der Waals surface area contributed by atoms with Gasteiger partial charge in [-0.05, 0) is 41.1 Å². The molecule has 0 saturated heterocycles. The number of hydrogen-bond donors (Lipinski definition) is 2.